The van der Waals surface area contributed by atoms with Crippen molar-refractivity contribution in [1.29, 1.82) is 0 Å². The molecule has 3 heterocycles. The molecule has 0 spiro atoms. The zero-order valence-electron chi connectivity index (χ0n) is 16.0. The summed E-state index contributed by atoms with van der Waals surface area (Å²) in [4.78, 5) is 16.8. The molecule has 10 heteroatoms. The number of aromatic nitrogens is 3. The maximum atomic E-state index is 13.7. The second-order valence-corrected chi connectivity index (χ2v) is 7.51. The van der Waals surface area contributed by atoms with Gasteiger partial charge in [-0.1, -0.05) is 41.4 Å². The summed E-state index contributed by atoms with van der Waals surface area (Å²) in [5, 5.41) is 6.21. The van der Waals surface area contributed by atoms with Gasteiger partial charge in [0.1, 0.15) is 5.02 Å². The van der Waals surface area contributed by atoms with E-state index >= 15 is 0 Å². The maximum absolute atomic E-state index is 13.7. The van der Waals surface area contributed by atoms with Crippen LogP contribution < -0.4 is 5.32 Å². The summed E-state index contributed by atoms with van der Waals surface area (Å²) in [5.41, 5.74) is -0.0668. The van der Waals surface area contributed by atoms with Gasteiger partial charge in [0.05, 0.1) is 11.8 Å². The lowest BCUT2D eigenvalue weighted by Crippen LogP contribution is -2.32. The van der Waals surface area contributed by atoms with Crippen LogP contribution in [0.25, 0.3) is 16.9 Å². The number of carbonyl (C=O) groups is 1. The number of carbonyl (C=O) groups excluding carboxylic acids is 1. The quantitative estimate of drug-likeness (QED) is 0.660. The summed E-state index contributed by atoms with van der Waals surface area (Å²) in [6, 6.07) is 7.80. The molecule has 0 radical (unpaired) electrons. The Labute approximate surface area is 175 Å². The van der Waals surface area contributed by atoms with Gasteiger partial charge in [0, 0.05) is 18.7 Å². The molecule has 0 saturated carbocycles. The van der Waals surface area contributed by atoms with E-state index in [9.17, 15) is 18.0 Å². The fourth-order valence-corrected chi connectivity index (χ4v) is 3.55. The molecule has 1 amide bonds. The minimum absolute atomic E-state index is 0.0861. The van der Waals surface area contributed by atoms with Gasteiger partial charge in [0.25, 0.3) is 5.91 Å². The molecule has 30 heavy (non-hydrogen) atoms. The molecule has 1 aliphatic heterocycles. The van der Waals surface area contributed by atoms with E-state index < -0.39 is 17.8 Å². The number of aryl methyl sites for hydroxylation is 1. The number of hydrogen-bond donors (Lipinski definition) is 1. The molecule has 1 fully saturated rings. The van der Waals surface area contributed by atoms with Crippen molar-refractivity contribution >= 4 is 23.2 Å². The molecule has 0 bridgehead atoms. The lowest BCUT2D eigenvalue weighted by molar-refractivity contribution is -0.142. The number of nitrogens with zero attached hydrogens (tertiary/aromatic N) is 3. The highest BCUT2D eigenvalue weighted by Crippen LogP contribution is 2.34. The number of hydrogen-bond acceptors (Lipinski definition) is 4. The van der Waals surface area contributed by atoms with Crippen molar-refractivity contribution < 1.29 is 22.7 Å². The molecule has 1 atom stereocenters. The Balaban J connectivity index is 1.76. The van der Waals surface area contributed by atoms with Crippen LogP contribution >= 0.6 is 11.6 Å². The van der Waals surface area contributed by atoms with E-state index in [0.29, 0.717) is 16.7 Å². The summed E-state index contributed by atoms with van der Waals surface area (Å²) in [6.45, 7) is 2.73. The normalized spacial score (nSPS) is 16.9. The van der Waals surface area contributed by atoms with Crippen LogP contribution in [0.5, 0.6) is 0 Å². The highest BCUT2D eigenvalue weighted by Gasteiger charge is 2.36. The summed E-state index contributed by atoms with van der Waals surface area (Å²) >= 11 is 6.25. The van der Waals surface area contributed by atoms with Crippen LogP contribution in [0, 0.1) is 6.92 Å². The number of nitrogens with one attached hydrogen (secondary N) is 1. The van der Waals surface area contributed by atoms with Gasteiger partial charge < -0.3 is 10.1 Å². The zero-order valence-corrected chi connectivity index (χ0v) is 16.7. The van der Waals surface area contributed by atoms with E-state index in [0.717, 1.165) is 24.5 Å². The fraction of sp³-hybridized carbons (Fsp3) is 0.350. The average Bonchev–Trinajstić information content (AvgIpc) is 3.33. The lowest BCUT2D eigenvalue weighted by atomic mass is 10.1. The number of ether oxygens (including phenoxy) is 1. The van der Waals surface area contributed by atoms with Crippen molar-refractivity contribution in [2.75, 3.05) is 13.2 Å². The SMILES string of the molecule is Cc1ccc(-c2cc(C(F)(F)F)n3nc(C(=O)NCC4CCCO4)c(Cl)c3n2)cc1. The molecule has 1 saturated heterocycles. The van der Waals surface area contributed by atoms with Gasteiger partial charge in [0.15, 0.2) is 17.0 Å². The number of amides is 1. The first kappa shape index (κ1) is 20.6. The molecule has 2 aromatic heterocycles. The van der Waals surface area contributed by atoms with E-state index in [-0.39, 0.29) is 34.7 Å². The third kappa shape index (κ3) is 3.99. The van der Waals surface area contributed by atoms with Crippen LogP contribution in [0.2, 0.25) is 5.02 Å². The number of alkyl halides is 3. The summed E-state index contributed by atoms with van der Waals surface area (Å²) in [7, 11) is 0. The van der Waals surface area contributed by atoms with Crippen molar-refractivity contribution in [2.45, 2.75) is 32.0 Å². The highest BCUT2D eigenvalue weighted by molar-refractivity contribution is 6.36. The van der Waals surface area contributed by atoms with Crippen LogP contribution in [0.3, 0.4) is 0 Å². The van der Waals surface area contributed by atoms with E-state index in [4.69, 9.17) is 16.3 Å². The number of halogens is 4. The molecular formula is C20H18ClF3N4O2. The first-order chi connectivity index (χ1) is 14.2. The minimum atomic E-state index is -4.72. The fourth-order valence-electron chi connectivity index (χ4n) is 3.31. The molecule has 6 nitrogen and oxygen atoms in total. The Hall–Kier alpha value is -2.65. The van der Waals surface area contributed by atoms with Crippen LogP contribution in [0.1, 0.15) is 34.6 Å². The molecule has 0 aliphatic carbocycles. The van der Waals surface area contributed by atoms with Crippen molar-refractivity contribution in [3.05, 3.63) is 52.3 Å². The topological polar surface area (TPSA) is 68.5 Å². The van der Waals surface area contributed by atoms with E-state index in [1.54, 1.807) is 24.3 Å². The molecular weight excluding hydrogens is 421 g/mol. The Morgan fingerprint density at radius 1 is 1.33 bits per heavy atom. The largest absolute Gasteiger partial charge is 0.433 e. The van der Waals surface area contributed by atoms with E-state index in [2.05, 4.69) is 15.4 Å². The highest BCUT2D eigenvalue weighted by atomic mass is 35.5. The monoisotopic (exact) mass is 438 g/mol. The van der Waals surface area contributed by atoms with Gasteiger partial charge in [-0.05, 0) is 25.8 Å². The predicted molar refractivity (Wildman–Crippen MR) is 104 cm³/mol. The molecule has 3 aromatic rings. The Morgan fingerprint density at radius 3 is 2.70 bits per heavy atom. The Kier molecular flexibility index (Phi) is 5.42. The predicted octanol–water partition coefficient (Wildman–Crippen LogP) is 4.29. The summed E-state index contributed by atoms with van der Waals surface area (Å²) in [5.74, 6) is -0.675. The van der Waals surface area contributed by atoms with Crippen LogP contribution in [0.15, 0.2) is 30.3 Å². The van der Waals surface area contributed by atoms with Crippen molar-refractivity contribution in [1.82, 2.24) is 19.9 Å². The molecule has 1 unspecified atom stereocenters. The number of benzene rings is 1. The van der Waals surface area contributed by atoms with Crippen LogP contribution in [0.4, 0.5) is 13.2 Å². The Bertz CT molecular complexity index is 1090. The van der Waals surface area contributed by atoms with Crippen molar-refractivity contribution in [3.8, 4) is 11.3 Å². The number of rotatable bonds is 4. The summed E-state index contributed by atoms with van der Waals surface area (Å²) < 4.78 is 47.2. The standard InChI is InChI=1S/C20H18ClF3N4O2/c1-11-4-6-12(7-5-11)14-9-15(20(22,23)24)28-18(26-14)16(21)17(27-28)19(29)25-10-13-3-2-8-30-13/h4-7,9,13H,2-3,8,10H2,1H3,(H,25,29). The zero-order chi connectivity index (χ0) is 21.5. The number of fused-ring (bicyclic) bond motifs is 1. The van der Waals surface area contributed by atoms with Gasteiger partial charge in [-0.2, -0.15) is 18.3 Å². The molecule has 1 aliphatic rings. The molecule has 1 aromatic carbocycles. The van der Waals surface area contributed by atoms with E-state index in [1.165, 1.54) is 0 Å². The van der Waals surface area contributed by atoms with Gasteiger partial charge >= 0.3 is 6.18 Å². The van der Waals surface area contributed by atoms with Crippen molar-refractivity contribution in [2.24, 2.45) is 0 Å². The first-order valence-corrected chi connectivity index (χ1v) is 9.75. The molecule has 158 valence electrons. The van der Waals surface area contributed by atoms with Gasteiger partial charge in [-0.3, -0.25) is 4.79 Å². The second-order valence-electron chi connectivity index (χ2n) is 7.13. The van der Waals surface area contributed by atoms with Gasteiger partial charge in [-0.25, -0.2) is 9.50 Å². The third-order valence-electron chi connectivity index (χ3n) is 4.90. The van der Waals surface area contributed by atoms with Gasteiger partial charge in [-0.15, -0.1) is 0 Å². The lowest BCUT2D eigenvalue weighted by Gasteiger charge is -2.11. The molecule has 4 rings (SSSR count). The summed E-state index contributed by atoms with van der Waals surface area (Å²) in [6.07, 6.45) is -3.14. The van der Waals surface area contributed by atoms with Gasteiger partial charge in [0.2, 0.25) is 0 Å². The maximum Gasteiger partial charge on any atom is 0.433 e. The Morgan fingerprint density at radius 2 is 2.07 bits per heavy atom. The molecule has 1 N–H and O–H groups in total. The van der Waals surface area contributed by atoms with Crippen LogP contribution in [-0.2, 0) is 10.9 Å². The smallest absolute Gasteiger partial charge is 0.376 e. The second kappa shape index (κ2) is 7.88. The van der Waals surface area contributed by atoms with Crippen LogP contribution in [-0.4, -0.2) is 39.8 Å². The van der Waals surface area contributed by atoms with Crippen molar-refractivity contribution in [3.63, 3.8) is 0 Å². The average molecular weight is 439 g/mol. The third-order valence-corrected chi connectivity index (χ3v) is 5.25. The minimum Gasteiger partial charge on any atom is -0.376 e. The van der Waals surface area contributed by atoms with E-state index in [1.807, 2.05) is 6.92 Å². The first-order valence-electron chi connectivity index (χ1n) is 9.37.